The SMILES string of the molecule is Cc1c(F)ccc(-c2cn(-c3cccc4c3C(=O)N(C3CCC(=O)NC3=O)C4=O)nn2)c1C#N. The quantitative estimate of drug-likeness (QED) is 0.589. The van der Waals surface area contributed by atoms with Gasteiger partial charge in [0.25, 0.3) is 11.8 Å². The standard InChI is InChI=1S/C23H15FN6O4/c1-11-14(9-25)12(5-6-15(11)24)16-10-29(28-27-16)17-4-2-3-13-20(17)23(34)30(22(13)33)18-7-8-19(31)26-21(18)32/h2-6,10,18H,7-8H2,1H3,(H,26,31,32). The minimum atomic E-state index is -1.09. The Bertz CT molecular complexity index is 1470. The fourth-order valence-electron chi connectivity index (χ4n) is 4.24. The van der Waals surface area contributed by atoms with Crippen LogP contribution in [0.3, 0.4) is 0 Å². The normalized spacial score (nSPS) is 17.6. The molecule has 10 nitrogen and oxygen atoms in total. The smallest absolute Gasteiger partial charge is 0.264 e. The fraction of sp³-hybridized carbons (Fsp3) is 0.174. The predicted octanol–water partition coefficient (Wildman–Crippen LogP) is 1.65. The molecule has 5 rings (SSSR count). The zero-order valence-corrected chi connectivity index (χ0v) is 17.7. The van der Waals surface area contributed by atoms with Crippen LogP contribution in [0.1, 0.15) is 44.7 Å². The Balaban J connectivity index is 1.55. The van der Waals surface area contributed by atoms with Gasteiger partial charge in [0.1, 0.15) is 23.6 Å². The summed E-state index contributed by atoms with van der Waals surface area (Å²) in [5.74, 6) is -3.01. The van der Waals surface area contributed by atoms with E-state index >= 15 is 0 Å². The van der Waals surface area contributed by atoms with E-state index in [1.165, 1.54) is 36.0 Å². The summed E-state index contributed by atoms with van der Waals surface area (Å²) in [6, 6.07) is 8.13. The number of nitrogens with zero attached hydrogens (tertiary/aromatic N) is 5. The van der Waals surface area contributed by atoms with Crippen molar-refractivity contribution in [1.82, 2.24) is 25.2 Å². The lowest BCUT2D eigenvalue weighted by Crippen LogP contribution is -2.54. The lowest BCUT2D eigenvalue weighted by Gasteiger charge is -2.27. The average molecular weight is 458 g/mol. The molecule has 1 N–H and O–H groups in total. The minimum absolute atomic E-state index is 0.0153. The van der Waals surface area contributed by atoms with Crippen molar-refractivity contribution in [3.63, 3.8) is 0 Å². The van der Waals surface area contributed by atoms with Gasteiger partial charge in [0.15, 0.2) is 0 Å². The van der Waals surface area contributed by atoms with Gasteiger partial charge >= 0.3 is 0 Å². The number of amides is 4. The lowest BCUT2D eigenvalue weighted by atomic mass is 10.0. The van der Waals surface area contributed by atoms with Crippen molar-refractivity contribution >= 4 is 23.6 Å². The third-order valence-corrected chi connectivity index (χ3v) is 5.97. The summed E-state index contributed by atoms with van der Waals surface area (Å²) >= 11 is 0. The molecular weight excluding hydrogens is 443 g/mol. The van der Waals surface area contributed by atoms with Crippen molar-refractivity contribution in [2.24, 2.45) is 0 Å². The van der Waals surface area contributed by atoms with Gasteiger partial charge in [-0.1, -0.05) is 11.3 Å². The number of benzene rings is 2. The predicted molar refractivity (Wildman–Crippen MR) is 113 cm³/mol. The number of hydrogen-bond acceptors (Lipinski definition) is 7. The Morgan fingerprint density at radius 3 is 2.65 bits per heavy atom. The molecule has 1 aromatic heterocycles. The van der Waals surface area contributed by atoms with Gasteiger partial charge in [-0.2, -0.15) is 5.26 Å². The highest BCUT2D eigenvalue weighted by atomic mass is 19.1. The molecule has 0 bridgehead atoms. The highest BCUT2D eigenvalue weighted by molar-refractivity contribution is 6.24. The van der Waals surface area contributed by atoms with Gasteiger partial charge in [-0.3, -0.25) is 29.4 Å². The molecule has 1 unspecified atom stereocenters. The van der Waals surface area contributed by atoms with Crippen LogP contribution >= 0.6 is 0 Å². The molecule has 34 heavy (non-hydrogen) atoms. The van der Waals surface area contributed by atoms with Gasteiger partial charge in [-0.25, -0.2) is 9.07 Å². The number of piperidine rings is 1. The Morgan fingerprint density at radius 1 is 1.12 bits per heavy atom. The van der Waals surface area contributed by atoms with Crippen molar-refractivity contribution in [1.29, 1.82) is 5.26 Å². The number of fused-ring (bicyclic) bond motifs is 1. The number of carbonyl (C=O) groups excluding carboxylic acids is 4. The van der Waals surface area contributed by atoms with Crippen LogP contribution < -0.4 is 5.32 Å². The number of nitrogens with one attached hydrogen (secondary N) is 1. The first-order chi connectivity index (χ1) is 16.3. The molecule has 2 aliphatic heterocycles. The maximum absolute atomic E-state index is 13.9. The number of halogens is 1. The van der Waals surface area contributed by atoms with E-state index in [1.807, 2.05) is 6.07 Å². The number of aromatic nitrogens is 3. The van der Waals surface area contributed by atoms with Crippen molar-refractivity contribution in [2.75, 3.05) is 0 Å². The van der Waals surface area contributed by atoms with Crippen LogP contribution in [0.5, 0.6) is 0 Å². The fourth-order valence-corrected chi connectivity index (χ4v) is 4.24. The average Bonchev–Trinajstić information content (AvgIpc) is 3.40. The Labute approximate surface area is 191 Å². The van der Waals surface area contributed by atoms with Crippen molar-refractivity contribution < 1.29 is 23.6 Å². The molecule has 0 spiro atoms. The Morgan fingerprint density at radius 2 is 1.91 bits per heavy atom. The van der Waals surface area contributed by atoms with E-state index in [2.05, 4.69) is 15.6 Å². The molecule has 0 aliphatic carbocycles. The molecule has 168 valence electrons. The number of rotatable bonds is 3. The molecule has 1 saturated heterocycles. The van der Waals surface area contributed by atoms with Crippen molar-refractivity contribution in [3.8, 4) is 23.0 Å². The first-order valence-corrected chi connectivity index (χ1v) is 10.3. The van der Waals surface area contributed by atoms with Crippen LogP contribution in [-0.2, 0) is 9.59 Å². The summed E-state index contributed by atoms with van der Waals surface area (Å²) in [6.07, 6.45) is 1.52. The summed E-state index contributed by atoms with van der Waals surface area (Å²) < 4.78 is 15.2. The monoisotopic (exact) mass is 458 g/mol. The number of carbonyl (C=O) groups is 4. The molecule has 2 aromatic carbocycles. The van der Waals surface area contributed by atoms with E-state index in [4.69, 9.17) is 0 Å². The van der Waals surface area contributed by atoms with Crippen LogP contribution in [0.15, 0.2) is 36.5 Å². The molecule has 11 heteroatoms. The maximum atomic E-state index is 13.9. The van der Waals surface area contributed by atoms with E-state index < -0.39 is 35.5 Å². The van der Waals surface area contributed by atoms with E-state index in [9.17, 15) is 28.8 Å². The zero-order valence-electron chi connectivity index (χ0n) is 17.7. The second kappa shape index (κ2) is 7.70. The van der Waals surface area contributed by atoms with E-state index in [0.717, 1.165) is 4.90 Å². The van der Waals surface area contributed by atoms with Crippen molar-refractivity contribution in [2.45, 2.75) is 25.8 Å². The molecule has 4 amide bonds. The van der Waals surface area contributed by atoms with Gasteiger partial charge in [0.05, 0.1) is 28.6 Å². The molecule has 3 aromatic rings. The number of imide groups is 2. The largest absolute Gasteiger partial charge is 0.295 e. The second-order valence-corrected chi connectivity index (χ2v) is 7.90. The number of nitriles is 1. The van der Waals surface area contributed by atoms with Crippen LogP contribution in [0.2, 0.25) is 0 Å². The van der Waals surface area contributed by atoms with E-state index in [0.29, 0.717) is 5.56 Å². The van der Waals surface area contributed by atoms with Gasteiger partial charge < -0.3 is 0 Å². The van der Waals surface area contributed by atoms with Crippen LogP contribution in [0.4, 0.5) is 4.39 Å². The summed E-state index contributed by atoms with van der Waals surface area (Å²) in [7, 11) is 0. The molecule has 3 heterocycles. The van der Waals surface area contributed by atoms with E-state index in [1.54, 1.807) is 12.1 Å². The summed E-state index contributed by atoms with van der Waals surface area (Å²) in [4.78, 5) is 50.9. The van der Waals surface area contributed by atoms with Crippen LogP contribution in [-0.4, -0.2) is 49.6 Å². The van der Waals surface area contributed by atoms with Crippen molar-refractivity contribution in [3.05, 3.63) is 64.6 Å². The second-order valence-electron chi connectivity index (χ2n) is 7.90. The first kappa shape index (κ1) is 21.1. The van der Waals surface area contributed by atoms with Gasteiger partial charge in [0, 0.05) is 17.5 Å². The van der Waals surface area contributed by atoms with Gasteiger partial charge in [-0.15, -0.1) is 5.10 Å². The molecular formula is C23H15FN6O4. The van der Waals surface area contributed by atoms with Gasteiger partial charge in [0.2, 0.25) is 11.8 Å². The molecule has 2 aliphatic rings. The minimum Gasteiger partial charge on any atom is -0.295 e. The molecule has 0 saturated carbocycles. The first-order valence-electron chi connectivity index (χ1n) is 10.3. The van der Waals surface area contributed by atoms with E-state index in [-0.39, 0.29) is 46.5 Å². The third kappa shape index (κ3) is 3.07. The zero-order chi connectivity index (χ0) is 24.1. The van der Waals surface area contributed by atoms with Gasteiger partial charge in [-0.05, 0) is 37.6 Å². The Kier molecular flexibility index (Phi) is 4.79. The molecule has 1 atom stereocenters. The van der Waals surface area contributed by atoms with Crippen LogP contribution in [0, 0.1) is 24.1 Å². The summed E-state index contributed by atoms with van der Waals surface area (Å²) in [5, 5.41) is 19.8. The third-order valence-electron chi connectivity index (χ3n) is 5.97. The highest BCUT2D eigenvalue weighted by Crippen LogP contribution is 2.32. The molecule has 1 fully saturated rings. The summed E-state index contributed by atoms with van der Waals surface area (Å²) in [5.41, 5.74) is 1.33. The highest BCUT2D eigenvalue weighted by Gasteiger charge is 2.45. The topological polar surface area (TPSA) is 138 Å². The summed E-state index contributed by atoms with van der Waals surface area (Å²) in [6.45, 7) is 1.49. The Hall–Kier alpha value is -4.72. The molecule has 0 radical (unpaired) electrons. The van der Waals surface area contributed by atoms with Crippen LogP contribution in [0.25, 0.3) is 16.9 Å². The maximum Gasteiger partial charge on any atom is 0.264 e. The lowest BCUT2D eigenvalue weighted by molar-refractivity contribution is -0.136. The number of hydrogen-bond donors (Lipinski definition) is 1.